The number of halogens is 3. The first-order valence-corrected chi connectivity index (χ1v) is 7.38. The highest BCUT2D eigenvalue weighted by atomic mass is 35.5. The third kappa shape index (κ3) is 2.68. The van der Waals surface area contributed by atoms with E-state index in [4.69, 9.17) is 32.7 Å². The molecule has 8 heteroatoms. The van der Waals surface area contributed by atoms with Gasteiger partial charge in [-0.15, -0.1) is 11.3 Å². The summed E-state index contributed by atoms with van der Waals surface area (Å²) in [6.45, 7) is 0. The maximum Gasteiger partial charge on any atom is 0.404 e. The van der Waals surface area contributed by atoms with E-state index in [1.807, 2.05) is 0 Å². The molecule has 1 fully saturated rings. The number of thiazole rings is 1. The van der Waals surface area contributed by atoms with Crippen molar-refractivity contribution < 1.29 is 18.7 Å². The van der Waals surface area contributed by atoms with Gasteiger partial charge >= 0.3 is 5.43 Å². The average molecular weight is 336 g/mol. The molecule has 1 aliphatic carbocycles. The van der Waals surface area contributed by atoms with Crippen molar-refractivity contribution in [1.29, 1.82) is 0 Å². The summed E-state index contributed by atoms with van der Waals surface area (Å²) in [6.07, 6.45) is 0.517. The smallest absolute Gasteiger partial charge is 0.404 e. The number of nitrogens with zero attached hydrogens (tertiary/aromatic N) is 1. The molecule has 0 bridgehead atoms. The fourth-order valence-electron chi connectivity index (χ4n) is 1.98. The van der Waals surface area contributed by atoms with E-state index in [9.17, 15) is 9.18 Å². The summed E-state index contributed by atoms with van der Waals surface area (Å²) in [4.78, 5) is 14.7. The zero-order chi connectivity index (χ0) is 14.3. The molecule has 2 atom stereocenters. The van der Waals surface area contributed by atoms with E-state index in [2.05, 4.69) is 4.98 Å². The number of fused-ring (bicyclic) bond motifs is 1. The molecule has 0 spiro atoms. The van der Waals surface area contributed by atoms with Gasteiger partial charge in [-0.2, -0.15) is 0 Å². The summed E-state index contributed by atoms with van der Waals surface area (Å²) >= 11 is 12.2. The number of carbonyl (C=O) groups is 1. The Morgan fingerprint density at radius 3 is 2.80 bits per heavy atom. The fourth-order valence-corrected chi connectivity index (χ4v) is 3.14. The molecule has 1 aromatic heterocycles. The van der Waals surface area contributed by atoms with Crippen molar-refractivity contribution in [2.45, 2.75) is 25.0 Å². The van der Waals surface area contributed by atoms with Crippen LogP contribution in [-0.2, 0) is 4.74 Å². The SMILES string of the molecule is O=C(Cl)OC1CC[C@H]1Oc1cc2sc(Cl)nc2cc1F. The van der Waals surface area contributed by atoms with Crippen molar-refractivity contribution in [3.8, 4) is 5.75 Å². The summed E-state index contributed by atoms with van der Waals surface area (Å²) in [5, 5.41) is 0. The largest absolute Gasteiger partial charge is 0.483 e. The lowest BCUT2D eigenvalue weighted by molar-refractivity contribution is -0.0396. The van der Waals surface area contributed by atoms with Crippen LogP contribution in [0, 0.1) is 5.82 Å². The van der Waals surface area contributed by atoms with Crippen molar-refractivity contribution in [2.75, 3.05) is 0 Å². The second-order valence-electron chi connectivity index (χ2n) is 4.34. The third-order valence-electron chi connectivity index (χ3n) is 3.09. The normalized spacial score (nSPS) is 21.6. The van der Waals surface area contributed by atoms with E-state index in [0.29, 0.717) is 22.8 Å². The molecule has 1 aliphatic rings. The van der Waals surface area contributed by atoms with Crippen LogP contribution in [0.4, 0.5) is 9.18 Å². The van der Waals surface area contributed by atoms with E-state index < -0.39 is 17.3 Å². The second kappa shape index (κ2) is 5.35. The first kappa shape index (κ1) is 13.9. The minimum absolute atomic E-state index is 0.0955. The molecule has 3 rings (SSSR count). The Balaban J connectivity index is 1.80. The maximum atomic E-state index is 13.9. The molecule has 4 nitrogen and oxygen atoms in total. The van der Waals surface area contributed by atoms with Crippen molar-refractivity contribution in [2.24, 2.45) is 0 Å². The zero-order valence-electron chi connectivity index (χ0n) is 9.94. The summed E-state index contributed by atoms with van der Waals surface area (Å²) in [5.41, 5.74) is -0.393. The Morgan fingerprint density at radius 1 is 1.40 bits per heavy atom. The van der Waals surface area contributed by atoms with Crippen molar-refractivity contribution in [1.82, 2.24) is 4.98 Å². The van der Waals surface area contributed by atoms with Gasteiger partial charge in [0.15, 0.2) is 16.0 Å². The van der Waals surface area contributed by atoms with Crippen LogP contribution in [0.1, 0.15) is 12.8 Å². The lowest BCUT2D eigenvalue weighted by atomic mass is 9.92. The molecule has 1 heterocycles. The number of carbonyl (C=O) groups excluding carboxylic acids is 1. The highest BCUT2D eigenvalue weighted by molar-refractivity contribution is 7.22. The molecule has 0 aliphatic heterocycles. The Kier molecular flexibility index (Phi) is 3.70. The monoisotopic (exact) mass is 335 g/mol. The lowest BCUT2D eigenvalue weighted by Crippen LogP contribution is -2.44. The highest BCUT2D eigenvalue weighted by Crippen LogP contribution is 2.34. The van der Waals surface area contributed by atoms with Gasteiger partial charge in [0.2, 0.25) is 0 Å². The van der Waals surface area contributed by atoms with Gasteiger partial charge in [0.05, 0.1) is 10.2 Å². The topological polar surface area (TPSA) is 48.4 Å². The molecule has 1 saturated carbocycles. The van der Waals surface area contributed by atoms with E-state index in [0.717, 1.165) is 4.70 Å². The van der Waals surface area contributed by atoms with Gasteiger partial charge in [0, 0.05) is 23.7 Å². The van der Waals surface area contributed by atoms with E-state index >= 15 is 0 Å². The Hall–Kier alpha value is -1.11. The Morgan fingerprint density at radius 2 is 2.15 bits per heavy atom. The number of benzene rings is 1. The highest BCUT2D eigenvalue weighted by Gasteiger charge is 2.36. The second-order valence-corrected chi connectivity index (χ2v) is 6.27. The summed E-state index contributed by atoms with van der Waals surface area (Å²) < 4.78 is 25.4. The molecule has 0 N–H and O–H groups in total. The summed E-state index contributed by atoms with van der Waals surface area (Å²) in [5.74, 6) is -0.430. The maximum absolute atomic E-state index is 13.9. The number of ether oxygens (including phenoxy) is 2. The van der Waals surface area contributed by atoms with E-state index in [-0.39, 0.29) is 11.9 Å². The number of hydrogen-bond donors (Lipinski definition) is 0. The molecule has 20 heavy (non-hydrogen) atoms. The van der Waals surface area contributed by atoms with Crippen molar-refractivity contribution in [3.63, 3.8) is 0 Å². The van der Waals surface area contributed by atoms with Gasteiger partial charge in [-0.3, -0.25) is 0 Å². The molecular formula is C12H8Cl2FNO3S. The first-order chi connectivity index (χ1) is 9.52. The molecule has 106 valence electrons. The standard InChI is InChI=1S/C12H8Cl2FNO3S/c13-11-16-6-3-5(15)9(4-10(6)20-11)18-7-1-2-8(7)19-12(14)17/h3-4,7-8H,1-2H2/t7-,8?/m1/s1. The number of aromatic nitrogens is 1. The molecule has 1 aromatic carbocycles. The summed E-state index contributed by atoms with van der Waals surface area (Å²) in [6, 6.07) is 2.82. The van der Waals surface area contributed by atoms with Gasteiger partial charge in [0.1, 0.15) is 12.2 Å². The van der Waals surface area contributed by atoms with Crippen molar-refractivity contribution >= 4 is 50.2 Å². The van der Waals surface area contributed by atoms with Crippen LogP contribution >= 0.6 is 34.5 Å². The molecular weight excluding hydrogens is 328 g/mol. The fraction of sp³-hybridized carbons (Fsp3) is 0.333. The average Bonchev–Trinajstić information content (AvgIpc) is 2.70. The van der Waals surface area contributed by atoms with Crippen LogP contribution in [0.3, 0.4) is 0 Å². The van der Waals surface area contributed by atoms with Gasteiger partial charge in [-0.1, -0.05) is 11.6 Å². The van der Waals surface area contributed by atoms with Crippen LogP contribution in [-0.4, -0.2) is 22.6 Å². The molecule has 1 unspecified atom stereocenters. The van der Waals surface area contributed by atoms with Gasteiger partial charge < -0.3 is 9.47 Å². The predicted octanol–water partition coefficient (Wildman–Crippen LogP) is 4.37. The molecule has 2 aromatic rings. The number of hydrogen-bond acceptors (Lipinski definition) is 5. The Labute approximate surface area is 127 Å². The van der Waals surface area contributed by atoms with Gasteiger partial charge in [-0.05, 0) is 12.8 Å². The van der Waals surface area contributed by atoms with Crippen LogP contribution in [0.15, 0.2) is 12.1 Å². The molecule has 0 radical (unpaired) electrons. The van der Waals surface area contributed by atoms with Crippen LogP contribution < -0.4 is 4.74 Å². The third-order valence-corrected chi connectivity index (χ3v) is 4.30. The molecule has 0 amide bonds. The van der Waals surface area contributed by atoms with Gasteiger partial charge in [0.25, 0.3) is 0 Å². The summed E-state index contributed by atoms with van der Waals surface area (Å²) in [7, 11) is 0. The van der Waals surface area contributed by atoms with Crippen molar-refractivity contribution in [3.05, 3.63) is 22.4 Å². The minimum atomic E-state index is -0.881. The van der Waals surface area contributed by atoms with E-state index in [1.165, 1.54) is 17.4 Å². The quantitative estimate of drug-likeness (QED) is 0.781. The lowest BCUT2D eigenvalue weighted by Gasteiger charge is -2.35. The Bertz CT molecular complexity index is 678. The van der Waals surface area contributed by atoms with Gasteiger partial charge in [-0.25, -0.2) is 14.2 Å². The predicted molar refractivity (Wildman–Crippen MR) is 74.4 cm³/mol. The zero-order valence-corrected chi connectivity index (χ0v) is 12.3. The van der Waals surface area contributed by atoms with E-state index in [1.54, 1.807) is 6.07 Å². The first-order valence-electron chi connectivity index (χ1n) is 5.81. The van der Waals surface area contributed by atoms with Crippen LogP contribution in [0.2, 0.25) is 4.47 Å². The van der Waals surface area contributed by atoms with Crippen LogP contribution in [0.5, 0.6) is 5.75 Å². The minimum Gasteiger partial charge on any atom is -0.483 e. The number of rotatable bonds is 3. The van der Waals surface area contributed by atoms with Crippen LogP contribution in [0.25, 0.3) is 10.2 Å². The molecule has 0 saturated heterocycles.